The van der Waals surface area contributed by atoms with Crippen LogP contribution in [0.3, 0.4) is 0 Å². The first kappa shape index (κ1) is 18.3. The molecule has 0 aliphatic carbocycles. The first-order valence-corrected chi connectivity index (χ1v) is 8.26. The van der Waals surface area contributed by atoms with Gasteiger partial charge in [0, 0.05) is 18.7 Å². The molecule has 1 aliphatic heterocycles. The van der Waals surface area contributed by atoms with E-state index in [0.29, 0.717) is 5.56 Å². The molecule has 0 spiro atoms. The lowest BCUT2D eigenvalue weighted by molar-refractivity contribution is -0.140. The van der Waals surface area contributed by atoms with Gasteiger partial charge in [0.2, 0.25) is 0 Å². The van der Waals surface area contributed by atoms with E-state index in [-0.39, 0.29) is 31.2 Å². The van der Waals surface area contributed by atoms with Crippen LogP contribution < -0.4 is 0 Å². The van der Waals surface area contributed by atoms with Crippen molar-refractivity contribution in [2.24, 2.45) is 0 Å². The average Bonchev–Trinajstić information content (AvgIpc) is 2.93. The Morgan fingerprint density at radius 3 is 2.35 bits per heavy atom. The van der Waals surface area contributed by atoms with Crippen LogP contribution in [0.4, 0.5) is 18.0 Å². The molecule has 0 saturated heterocycles. The van der Waals surface area contributed by atoms with Gasteiger partial charge in [-0.2, -0.15) is 13.2 Å². The molecule has 0 N–H and O–H groups in total. The molecule has 1 amide bonds. The fourth-order valence-electron chi connectivity index (χ4n) is 2.90. The second-order valence-corrected chi connectivity index (χ2v) is 7.14. The standard InChI is InChI=1S/C18H20F3N3O2/c1-17(2,3)26-16(25)23-9-10-24-13(11-23)22-15(18(19,20)21)14(24)12-7-5-4-6-8-12/h4-8H,9-11H2,1-3H3. The van der Waals surface area contributed by atoms with E-state index in [0.717, 1.165) is 0 Å². The highest BCUT2D eigenvalue weighted by Crippen LogP contribution is 2.38. The summed E-state index contributed by atoms with van der Waals surface area (Å²) in [7, 11) is 0. The number of fused-ring (bicyclic) bond motifs is 1. The lowest BCUT2D eigenvalue weighted by Crippen LogP contribution is -2.41. The minimum absolute atomic E-state index is 0.0230. The largest absolute Gasteiger partial charge is 0.444 e. The minimum atomic E-state index is -4.58. The van der Waals surface area contributed by atoms with E-state index in [1.54, 1.807) is 55.7 Å². The van der Waals surface area contributed by atoms with Gasteiger partial charge in [0.15, 0.2) is 5.69 Å². The lowest BCUT2D eigenvalue weighted by Gasteiger charge is -2.30. The summed E-state index contributed by atoms with van der Waals surface area (Å²) < 4.78 is 47.4. The van der Waals surface area contributed by atoms with Gasteiger partial charge < -0.3 is 9.30 Å². The predicted octanol–water partition coefficient (Wildman–Crippen LogP) is 4.32. The van der Waals surface area contributed by atoms with Crippen molar-refractivity contribution in [3.63, 3.8) is 0 Å². The van der Waals surface area contributed by atoms with Crippen LogP contribution in [0.15, 0.2) is 30.3 Å². The van der Waals surface area contributed by atoms with Crippen molar-refractivity contribution in [2.45, 2.75) is 45.6 Å². The maximum Gasteiger partial charge on any atom is 0.435 e. The van der Waals surface area contributed by atoms with Crippen molar-refractivity contribution >= 4 is 6.09 Å². The molecule has 2 heterocycles. The quantitative estimate of drug-likeness (QED) is 0.754. The minimum Gasteiger partial charge on any atom is -0.444 e. The van der Waals surface area contributed by atoms with Gasteiger partial charge >= 0.3 is 12.3 Å². The number of amides is 1. The molecule has 0 radical (unpaired) electrons. The highest BCUT2D eigenvalue weighted by Gasteiger charge is 2.40. The van der Waals surface area contributed by atoms with Gasteiger partial charge in [-0.15, -0.1) is 0 Å². The zero-order valence-corrected chi connectivity index (χ0v) is 14.8. The summed E-state index contributed by atoms with van der Waals surface area (Å²) in [5.74, 6) is 0.202. The smallest absolute Gasteiger partial charge is 0.435 e. The zero-order valence-electron chi connectivity index (χ0n) is 14.8. The number of benzene rings is 1. The second kappa shape index (κ2) is 6.34. The number of hydrogen-bond donors (Lipinski definition) is 0. The van der Waals surface area contributed by atoms with E-state index in [1.807, 2.05) is 0 Å². The number of aromatic nitrogens is 2. The number of imidazole rings is 1. The Balaban J connectivity index is 1.98. The molecule has 26 heavy (non-hydrogen) atoms. The first-order valence-electron chi connectivity index (χ1n) is 8.26. The van der Waals surface area contributed by atoms with E-state index >= 15 is 0 Å². The van der Waals surface area contributed by atoms with Crippen LogP contribution in [0.25, 0.3) is 11.3 Å². The van der Waals surface area contributed by atoms with Crippen LogP contribution in [0.1, 0.15) is 32.3 Å². The van der Waals surface area contributed by atoms with Crippen LogP contribution in [0.5, 0.6) is 0 Å². The van der Waals surface area contributed by atoms with Crippen LogP contribution in [-0.4, -0.2) is 32.7 Å². The van der Waals surface area contributed by atoms with Crippen molar-refractivity contribution in [1.29, 1.82) is 0 Å². The number of nitrogens with zero attached hydrogens (tertiary/aromatic N) is 3. The van der Waals surface area contributed by atoms with Crippen molar-refractivity contribution < 1.29 is 22.7 Å². The second-order valence-electron chi connectivity index (χ2n) is 7.14. The SMILES string of the molecule is CC(C)(C)OC(=O)N1CCn2c(nc(C(F)(F)F)c2-c2ccccc2)C1. The molecule has 0 saturated carbocycles. The molecule has 1 aromatic heterocycles. The number of hydrogen-bond acceptors (Lipinski definition) is 3. The number of halogens is 3. The fourth-order valence-corrected chi connectivity index (χ4v) is 2.90. The first-order chi connectivity index (χ1) is 12.1. The van der Waals surface area contributed by atoms with Crippen LogP contribution in [0, 0.1) is 0 Å². The molecule has 0 atom stereocenters. The molecular formula is C18H20F3N3O2. The maximum atomic E-state index is 13.5. The van der Waals surface area contributed by atoms with Gasteiger partial charge in [0.05, 0.1) is 12.2 Å². The number of carbonyl (C=O) groups excluding carboxylic acids is 1. The van der Waals surface area contributed by atoms with Gasteiger partial charge in [-0.25, -0.2) is 9.78 Å². The monoisotopic (exact) mass is 367 g/mol. The molecular weight excluding hydrogens is 347 g/mol. The molecule has 8 heteroatoms. The highest BCUT2D eigenvalue weighted by molar-refractivity contribution is 5.69. The summed E-state index contributed by atoms with van der Waals surface area (Å²) in [5, 5.41) is 0. The van der Waals surface area contributed by atoms with E-state index in [4.69, 9.17) is 4.74 Å². The highest BCUT2D eigenvalue weighted by atomic mass is 19.4. The molecule has 2 aromatic rings. The molecule has 3 rings (SSSR count). The van der Waals surface area contributed by atoms with E-state index < -0.39 is 23.6 Å². The predicted molar refractivity (Wildman–Crippen MR) is 89.3 cm³/mol. The van der Waals surface area contributed by atoms with E-state index in [2.05, 4.69) is 4.98 Å². The van der Waals surface area contributed by atoms with Crippen LogP contribution >= 0.6 is 0 Å². The topological polar surface area (TPSA) is 47.4 Å². The number of rotatable bonds is 1. The summed E-state index contributed by atoms with van der Waals surface area (Å²) in [6.07, 6.45) is -5.13. The molecule has 1 aromatic carbocycles. The Morgan fingerprint density at radius 1 is 1.12 bits per heavy atom. The third-order valence-electron chi connectivity index (χ3n) is 3.94. The van der Waals surface area contributed by atoms with E-state index in [9.17, 15) is 18.0 Å². The van der Waals surface area contributed by atoms with Crippen LogP contribution in [0.2, 0.25) is 0 Å². The van der Waals surface area contributed by atoms with Gasteiger partial charge in [0.1, 0.15) is 11.4 Å². The zero-order chi connectivity index (χ0) is 19.1. The Morgan fingerprint density at radius 2 is 1.77 bits per heavy atom. The van der Waals surface area contributed by atoms with Gasteiger partial charge in [-0.1, -0.05) is 30.3 Å². The summed E-state index contributed by atoms with van der Waals surface area (Å²) in [5.41, 5.74) is -1.11. The molecule has 1 aliphatic rings. The third kappa shape index (κ3) is 3.68. The van der Waals surface area contributed by atoms with Crippen molar-refractivity contribution in [3.05, 3.63) is 41.9 Å². The number of alkyl halides is 3. The lowest BCUT2D eigenvalue weighted by atomic mass is 10.1. The number of ether oxygens (including phenoxy) is 1. The van der Waals surface area contributed by atoms with Gasteiger partial charge in [-0.05, 0) is 20.8 Å². The maximum absolute atomic E-state index is 13.5. The van der Waals surface area contributed by atoms with Gasteiger partial charge in [-0.3, -0.25) is 4.90 Å². The number of carbonyl (C=O) groups is 1. The Labute approximate surface area is 149 Å². The van der Waals surface area contributed by atoms with Crippen LogP contribution in [-0.2, 0) is 24.0 Å². The molecule has 0 fully saturated rings. The Bertz CT molecular complexity index is 808. The summed E-state index contributed by atoms with van der Waals surface area (Å²) in [6.45, 7) is 5.68. The molecule has 0 bridgehead atoms. The average molecular weight is 367 g/mol. The molecule has 5 nitrogen and oxygen atoms in total. The van der Waals surface area contributed by atoms with Gasteiger partial charge in [0.25, 0.3) is 0 Å². The van der Waals surface area contributed by atoms with Crippen molar-refractivity contribution in [3.8, 4) is 11.3 Å². The summed E-state index contributed by atoms with van der Waals surface area (Å²) in [4.78, 5) is 17.4. The Kier molecular flexibility index (Phi) is 4.46. The van der Waals surface area contributed by atoms with Crippen molar-refractivity contribution in [1.82, 2.24) is 14.5 Å². The van der Waals surface area contributed by atoms with E-state index in [1.165, 1.54) is 4.90 Å². The normalized spacial score (nSPS) is 14.9. The summed E-state index contributed by atoms with van der Waals surface area (Å²) >= 11 is 0. The molecule has 0 unspecified atom stereocenters. The van der Waals surface area contributed by atoms with Crippen molar-refractivity contribution in [2.75, 3.05) is 6.54 Å². The fraction of sp³-hybridized carbons (Fsp3) is 0.444. The Hall–Kier alpha value is -2.51. The third-order valence-corrected chi connectivity index (χ3v) is 3.94. The molecule has 140 valence electrons. The summed E-state index contributed by atoms with van der Waals surface area (Å²) in [6, 6.07) is 8.37.